The van der Waals surface area contributed by atoms with E-state index in [1.165, 1.54) is 26.9 Å². The maximum atomic E-state index is 11.1. The van der Waals surface area contributed by atoms with Crippen LogP contribution >= 0.6 is 0 Å². The van der Waals surface area contributed by atoms with Gasteiger partial charge in [0.05, 0.1) is 7.11 Å². The van der Waals surface area contributed by atoms with Crippen LogP contribution in [0.5, 0.6) is 0 Å². The molecule has 1 fully saturated rings. The number of hydrogen-bond donors (Lipinski definition) is 2. The number of methoxy groups -OCH3 is 1. The highest BCUT2D eigenvalue weighted by atomic mass is 16.5. The number of esters is 1. The fourth-order valence-corrected chi connectivity index (χ4v) is 1.41. The molecule has 1 saturated carbocycles. The third-order valence-electron chi connectivity index (χ3n) is 2.72. The van der Waals surface area contributed by atoms with Crippen molar-refractivity contribution in [2.24, 2.45) is 5.92 Å². The normalized spacial score (nSPS) is 22.6. The molecule has 2 N–H and O–H groups in total. The molecule has 1 aliphatic rings. The maximum absolute atomic E-state index is 11.1. The number of rotatable bonds is 5. The largest absolute Gasteiger partial charge is 0.467 e. The van der Waals surface area contributed by atoms with Crippen LogP contribution in [0.4, 0.5) is 0 Å². The van der Waals surface area contributed by atoms with E-state index in [9.17, 15) is 9.90 Å². The highest BCUT2D eigenvalue weighted by molar-refractivity contribution is 5.78. The van der Waals surface area contributed by atoms with Crippen molar-refractivity contribution in [3.63, 3.8) is 0 Å². The van der Waals surface area contributed by atoms with Gasteiger partial charge in [0.25, 0.3) is 0 Å². The van der Waals surface area contributed by atoms with Crippen LogP contribution < -0.4 is 5.32 Å². The van der Waals surface area contributed by atoms with Crippen molar-refractivity contribution in [2.45, 2.75) is 38.3 Å². The molecule has 82 valence electrons. The molecule has 0 radical (unpaired) electrons. The molecular formula is C10H19NO3. The second kappa shape index (κ2) is 4.28. The Balaban J connectivity index is 2.30. The van der Waals surface area contributed by atoms with E-state index in [1.807, 2.05) is 0 Å². The van der Waals surface area contributed by atoms with Gasteiger partial charge in [-0.25, -0.2) is 4.79 Å². The Labute approximate surface area is 84.6 Å². The zero-order valence-electron chi connectivity index (χ0n) is 9.04. The first-order valence-electron chi connectivity index (χ1n) is 5.01. The van der Waals surface area contributed by atoms with Gasteiger partial charge in [0.15, 0.2) is 5.60 Å². The highest BCUT2D eigenvalue weighted by Crippen LogP contribution is 2.32. The molecule has 0 heterocycles. The van der Waals surface area contributed by atoms with E-state index in [4.69, 9.17) is 0 Å². The Hall–Kier alpha value is -0.610. The monoisotopic (exact) mass is 201 g/mol. The summed E-state index contributed by atoms with van der Waals surface area (Å²) in [5, 5.41) is 12.8. The molecule has 1 rings (SSSR count). The van der Waals surface area contributed by atoms with Crippen molar-refractivity contribution in [3.8, 4) is 0 Å². The fourth-order valence-electron chi connectivity index (χ4n) is 1.41. The molecule has 14 heavy (non-hydrogen) atoms. The van der Waals surface area contributed by atoms with Gasteiger partial charge in [-0.1, -0.05) is 0 Å². The van der Waals surface area contributed by atoms with E-state index in [2.05, 4.69) is 17.0 Å². The Bertz CT molecular complexity index is 211. The summed E-state index contributed by atoms with van der Waals surface area (Å²) in [4.78, 5) is 11.1. The van der Waals surface area contributed by atoms with Gasteiger partial charge in [-0.15, -0.1) is 0 Å². The van der Waals surface area contributed by atoms with Crippen molar-refractivity contribution in [1.29, 1.82) is 0 Å². The van der Waals surface area contributed by atoms with Crippen LogP contribution in [-0.4, -0.2) is 36.4 Å². The summed E-state index contributed by atoms with van der Waals surface area (Å²) in [5.41, 5.74) is -1.42. The van der Waals surface area contributed by atoms with E-state index in [1.54, 1.807) is 0 Å². The Morgan fingerprint density at radius 3 is 2.71 bits per heavy atom. The highest BCUT2D eigenvalue weighted by Gasteiger charge is 2.34. The summed E-state index contributed by atoms with van der Waals surface area (Å²) in [5.74, 6) is 0.122. The third kappa shape index (κ3) is 2.96. The number of aliphatic hydroxyl groups is 1. The number of nitrogens with one attached hydrogen (secondary N) is 1. The Morgan fingerprint density at radius 2 is 2.29 bits per heavy atom. The molecular weight excluding hydrogens is 182 g/mol. The number of carbonyl (C=O) groups excluding carboxylic acids is 1. The minimum atomic E-state index is -1.42. The van der Waals surface area contributed by atoms with Crippen molar-refractivity contribution in [2.75, 3.05) is 13.7 Å². The van der Waals surface area contributed by atoms with Crippen LogP contribution in [0, 0.1) is 5.92 Å². The first kappa shape index (κ1) is 11.5. The topological polar surface area (TPSA) is 58.6 Å². The van der Waals surface area contributed by atoms with Crippen molar-refractivity contribution < 1.29 is 14.6 Å². The molecule has 2 atom stereocenters. The summed E-state index contributed by atoms with van der Waals surface area (Å²) < 4.78 is 4.49. The zero-order valence-corrected chi connectivity index (χ0v) is 9.04. The predicted octanol–water partition coefficient (Wildman–Crippen LogP) is 0.298. The van der Waals surface area contributed by atoms with Crippen molar-refractivity contribution in [3.05, 3.63) is 0 Å². The van der Waals surface area contributed by atoms with Crippen LogP contribution in [0.25, 0.3) is 0 Å². The average Bonchev–Trinajstić information content (AvgIpc) is 2.96. The number of ether oxygens (including phenoxy) is 1. The van der Waals surface area contributed by atoms with E-state index in [0.29, 0.717) is 12.0 Å². The second-order valence-electron chi connectivity index (χ2n) is 4.27. The Kier molecular flexibility index (Phi) is 3.50. The lowest BCUT2D eigenvalue weighted by molar-refractivity contribution is -0.160. The molecule has 1 aliphatic carbocycles. The lowest BCUT2D eigenvalue weighted by atomic mass is 10.1. The van der Waals surface area contributed by atoms with E-state index >= 15 is 0 Å². The molecule has 0 saturated heterocycles. The first-order valence-corrected chi connectivity index (χ1v) is 5.01. The maximum Gasteiger partial charge on any atom is 0.338 e. The van der Waals surface area contributed by atoms with Crippen LogP contribution in [-0.2, 0) is 9.53 Å². The van der Waals surface area contributed by atoms with Crippen LogP contribution in [0.2, 0.25) is 0 Å². The summed E-state index contributed by atoms with van der Waals surface area (Å²) in [6.07, 6.45) is 2.49. The molecule has 0 aromatic heterocycles. The Morgan fingerprint density at radius 1 is 1.71 bits per heavy atom. The predicted molar refractivity (Wildman–Crippen MR) is 52.8 cm³/mol. The third-order valence-corrected chi connectivity index (χ3v) is 2.72. The molecule has 0 amide bonds. The molecule has 0 bridgehead atoms. The summed E-state index contributed by atoms with van der Waals surface area (Å²) in [6, 6.07) is 0.367. The average molecular weight is 201 g/mol. The second-order valence-corrected chi connectivity index (χ2v) is 4.27. The van der Waals surface area contributed by atoms with Gasteiger partial charge >= 0.3 is 5.97 Å². The standard InChI is InChI=1S/C10H19NO3/c1-7(8-4-5-8)11-6-10(2,13)9(12)14-3/h7-8,11,13H,4-6H2,1-3H3. The van der Waals surface area contributed by atoms with E-state index < -0.39 is 11.6 Å². The minimum absolute atomic E-state index is 0.247. The van der Waals surface area contributed by atoms with Gasteiger partial charge in [-0.05, 0) is 32.6 Å². The van der Waals surface area contributed by atoms with Gasteiger partial charge in [0, 0.05) is 12.6 Å². The summed E-state index contributed by atoms with van der Waals surface area (Å²) >= 11 is 0. The quantitative estimate of drug-likeness (QED) is 0.628. The zero-order chi connectivity index (χ0) is 10.8. The minimum Gasteiger partial charge on any atom is -0.467 e. The molecule has 2 unspecified atom stereocenters. The fraction of sp³-hybridized carbons (Fsp3) is 0.900. The molecule has 0 aliphatic heterocycles. The molecule has 4 heteroatoms. The van der Waals surface area contributed by atoms with Crippen molar-refractivity contribution in [1.82, 2.24) is 5.32 Å². The molecule has 0 aromatic rings. The molecule has 0 spiro atoms. The summed E-state index contributed by atoms with van der Waals surface area (Å²) in [7, 11) is 1.28. The van der Waals surface area contributed by atoms with Crippen LogP contribution in [0.15, 0.2) is 0 Å². The lowest BCUT2D eigenvalue weighted by Crippen LogP contribution is -2.48. The number of carbonyl (C=O) groups is 1. The van der Waals surface area contributed by atoms with E-state index in [-0.39, 0.29) is 6.54 Å². The van der Waals surface area contributed by atoms with E-state index in [0.717, 1.165) is 0 Å². The SMILES string of the molecule is COC(=O)C(C)(O)CNC(C)C1CC1. The molecule has 4 nitrogen and oxygen atoms in total. The smallest absolute Gasteiger partial charge is 0.338 e. The van der Waals surface area contributed by atoms with Gasteiger partial charge in [0.2, 0.25) is 0 Å². The van der Waals surface area contributed by atoms with Gasteiger partial charge in [0.1, 0.15) is 0 Å². The van der Waals surface area contributed by atoms with Crippen LogP contribution in [0.1, 0.15) is 26.7 Å². The first-order chi connectivity index (χ1) is 6.47. The summed E-state index contributed by atoms with van der Waals surface area (Å²) in [6.45, 7) is 3.79. The van der Waals surface area contributed by atoms with Gasteiger partial charge < -0.3 is 15.2 Å². The molecule has 0 aromatic carbocycles. The number of hydrogen-bond acceptors (Lipinski definition) is 4. The lowest BCUT2D eigenvalue weighted by Gasteiger charge is -2.23. The van der Waals surface area contributed by atoms with Crippen molar-refractivity contribution >= 4 is 5.97 Å². The van der Waals surface area contributed by atoms with Crippen LogP contribution in [0.3, 0.4) is 0 Å². The van der Waals surface area contributed by atoms with Gasteiger partial charge in [-0.3, -0.25) is 0 Å². The van der Waals surface area contributed by atoms with Gasteiger partial charge in [-0.2, -0.15) is 0 Å².